The molecular weight excluding hydrogens is 464 g/mol. The summed E-state index contributed by atoms with van der Waals surface area (Å²) in [4.78, 5) is 20.0. The van der Waals surface area contributed by atoms with E-state index in [-0.39, 0.29) is 11.4 Å². The molecule has 37 heavy (non-hydrogen) atoms. The summed E-state index contributed by atoms with van der Waals surface area (Å²) in [7, 11) is 2.15. The Labute approximate surface area is 219 Å². The van der Waals surface area contributed by atoms with Gasteiger partial charge < -0.3 is 31.3 Å². The van der Waals surface area contributed by atoms with Crippen LogP contribution in [0.1, 0.15) is 41.6 Å². The highest BCUT2D eigenvalue weighted by molar-refractivity contribution is 5.97. The van der Waals surface area contributed by atoms with Crippen LogP contribution in [0.3, 0.4) is 0 Å². The highest BCUT2D eigenvalue weighted by Crippen LogP contribution is 2.23. The lowest BCUT2D eigenvalue weighted by molar-refractivity contribution is 0.0457. The molecule has 5 N–H and O–H groups in total. The number of pyridine rings is 1. The van der Waals surface area contributed by atoms with Crippen molar-refractivity contribution in [3.63, 3.8) is 0 Å². The molecule has 2 aliphatic rings. The number of likely N-dealkylation sites (N-methyl/N-ethyl adjacent to an activating group) is 1. The van der Waals surface area contributed by atoms with Gasteiger partial charge in [0.2, 0.25) is 0 Å². The third-order valence-corrected chi connectivity index (χ3v) is 6.83. The maximum atomic E-state index is 11.2. The van der Waals surface area contributed by atoms with Crippen molar-refractivity contribution in [1.29, 1.82) is 0 Å². The van der Waals surface area contributed by atoms with Crippen LogP contribution in [0, 0.1) is 0 Å². The van der Waals surface area contributed by atoms with Gasteiger partial charge in [0.05, 0.1) is 18.3 Å². The summed E-state index contributed by atoms with van der Waals surface area (Å²) < 4.78 is 5.79. The molecule has 196 valence electrons. The predicted molar refractivity (Wildman–Crippen MR) is 150 cm³/mol. The number of nitrogens with zero attached hydrogens (tertiary/aromatic N) is 3. The average molecular weight is 503 g/mol. The van der Waals surface area contributed by atoms with Gasteiger partial charge in [-0.25, -0.2) is 4.98 Å². The number of hydrogen-bond donors (Lipinski definition) is 3. The smallest absolute Gasteiger partial charge is 0.252 e. The largest absolute Gasteiger partial charge is 0.383 e. The van der Waals surface area contributed by atoms with Crippen LogP contribution in [0.4, 0.5) is 23.0 Å². The van der Waals surface area contributed by atoms with E-state index < -0.39 is 5.91 Å². The Morgan fingerprint density at radius 2 is 1.65 bits per heavy atom. The number of hydrogen-bond acceptors (Lipinski definition) is 7. The number of carbonyl (C=O) groups is 1. The topological polar surface area (TPSA) is 110 Å². The lowest BCUT2D eigenvalue weighted by atomic mass is 10.2. The molecule has 1 aromatic heterocycles. The minimum absolute atomic E-state index is 0.126. The van der Waals surface area contributed by atoms with E-state index in [4.69, 9.17) is 16.2 Å². The number of ether oxygens (including phenoxy) is 1. The number of aromatic nitrogens is 1. The Morgan fingerprint density at radius 3 is 2.27 bits per heavy atom. The zero-order valence-electron chi connectivity index (χ0n) is 21.6. The zero-order chi connectivity index (χ0) is 26.0. The van der Waals surface area contributed by atoms with E-state index >= 15 is 0 Å². The molecule has 2 aromatic carbocycles. The van der Waals surface area contributed by atoms with Gasteiger partial charge in [-0.15, -0.1) is 0 Å². The van der Waals surface area contributed by atoms with E-state index in [1.165, 1.54) is 36.9 Å². The van der Waals surface area contributed by atoms with Gasteiger partial charge in [-0.3, -0.25) is 4.79 Å². The van der Waals surface area contributed by atoms with Gasteiger partial charge in [-0.2, -0.15) is 0 Å². The van der Waals surface area contributed by atoms with Crippen LogP contribution in [0.2, 0.25) is 0 Å². The van der Waals surface area contributed by atoms with Gasteiger partial charge in [0.15, 0.2) is 0 Å². The van der Waals surface area contributed by atoms with Crippen molar-refractivity contribution in [3.8, 4) is 0 Å². The van der Waals surface area contributed by atoms with Gasteiger partial charge in [0.25, 0.3) is 5.91 Å². The Hall–Kier alpha value is -3.62. The lowest BCUT2D eigenvalue weighted by Gasteiger charge is -2.34. The second-order valence-corrected chi connectivity index (χ2v) is 9.66. The predicted octanol–water partition coefficient (Wildman–Crippen LogP) is 4.40. The van der Waals surface area contributed by atoms with Crippen molar-refractivity contribution in [2.75, 3.05) is 49.2 Å². The monoisotopic (exact) mass is 502 g/mol. The van der Waals surface area contributed by atoms with Gasteiger partial charge >= 0.3 is 0 Å². The standard InChI is InChI=1S/C17H22N6O.C12H16O/c1-22-8-10-23(11-9-22)13-4-2-12(3-5-13)20-15-7-6-14(17(19)24)16(18)21-15;1-2-6-11(7-3-1)10-13-12-8-4-5-9-12/h2-7H,8-11H2,1H3,(H2,19,24)(H3,18,20,21);1-3,6-7,12H,4-5,8-10H2. The van der Waals surface area contributed by atoms with Crippen LogP contribution in [0.25, 0.3) is 0 Å². The molecule has 5 rings (SSSR count). The van der Waals surface area contributed by atoms with Crippen molar-refractivity contribution < 1.29 is 9.53 Å². The molecule has 8 heteroatoms. The summed E-state index contributed by atoms with van der Waals surface area (Å²) in [6.45, 7) is 5.02. The number of nitrogens with one attached hydrogen (secondary N) is 1. The summed E-state index contributed by atoms with van der Waals surface area (Å²) in [6.07, 6.45) is 5.73. The highest BCUT2D eigenvalue weighted by Gasteiger charge is 2.15. The summed E-state index contributed by atoms with van der Waals surface area (Å²) in [6, 6.07) is 21.9. The van der Waals surface area contributed by atoms with Crippen molar-refractivity contribution in [1.82, 2.24) is 9.88 Å². The molecule has 2 heterocycles. The summed E-state index contributed by atoms with van der Waals surface area (Å²) in [5.74, 6) is 0.120. The van der Waals surface area contributed by atoms with Crippen LogP contribution < -0.4 is 21.7 Å². The second kappa shape index (κ2) is 13.1. The SMILES string of the molecule is CN1CCN(c2ccc(Nc3ccc(C(N)=O)c(N)n3)cc2)CC1.c1ccc(COC2CCCC2)cc1. The first kappa shape index (κ1) is 26.4. The van der Waals surface area contributed by atoms with Crippen LogP contribution in [-0.2, 0) is 11.3 Å². The van der Waals surface area contributed by atoms with Crippen molar-refractivity contribution in [2.24, 2.45) is 5.73 Å². The Balaban J connectivity index is 0.000000207. The number of nitrogens with two attached hydrogens (primary N) is 2. The minimum atomic E-state index is -0.580. The van der Waals surface area contributed by atoms with Gasteiger partial charge in [0.1, 0.15) is 11.6 Å². The van der Waals surface area contributed by atoms with Gasteiger partial charge in [0, 0.05) is 37.6 Å². The summed E-state index contributed by atoms with van der Waals surface area (Å²) >= 11 is 0. The molecule has 1 amide bonds. The Kier molecular flexibility index (Phi) is 9.35. The molecule has 0 bridgehead atoms. The maximum absolute atomic E-state index is 11.2. The second-order valence-electron chi connectivity index (χ2n) is 9.66. The van der Waals surface area contributed by atoms with Crippen molar-refractivity contribution in [2.45, 2.75) is 38.4 Å². The third kappa shape index (κ3) is 7.93. The fraction of sp³-hybridized carbons (Fsp3) is 0.379. The number of nitrogen functional groups attached to an aromatic ring is 1. The van der Waals surface area contributed by atoms with E-state index in [1.807, 2.05) is 18.2 Å². The molecular formula is C29H38N6O2. The normalized spacial score (nSPS) is 16.2. The molecule has 1 aliphatic heterocycles. The van der Waals surface area contributed by atoms with Crippen LogP contribution in [0.5, 0.6) is 0 Å². The molecule has 1 aliphatic carbocycles. The van der Waals surface area contributed by atoms with Crippen molar-refractivity contribution in [3.05, 3.63) is 77.9 Å². The molecule has 0 spiro atoms. The van der Waals surface area contributed by atoms with E-state index in [1.54, 1.807) is 12.1 Å². The quantitative estimate of drug-likeness (QED) is 0.439. The zero-order valence-corrected chi connectivity index (χ0v) is 21.6. The van der Waals surface area contributed by atoms with Crippen LogP contribution in [0.15, 0.2) is 66.7 Å². The van der Waals surface area contributed by atoms with E-state index in [2.05, 4.69) is 63.5 Å². The number of piperazine rings is 1. The first-order valence-corrected chi connectivity index (χ1v) is 13.0. The maximum Gasteiger partial charge on any atom is 0.252 e. The molecule has 0 atom stereocenters. The molecule has 2 fully saturated rings. The Bertz CT molecular complexity index is 1120. The number of amides is 1. The van der Waals surface area contributed by atoms with E-state index in [0.717, 1.165) is 38.5 Å². The third-order valence-electron chi connectivity index (χ3n) is 6.83. The molecule has 1 saturated carbocycles. The van der Waals surface area contributed by atoms with Gasteiger partial charge in [-0.1, -0.05) is 43.2 Å². The van der Waals surface area contributed by atoms with Crippen LogP contribution in [-0.4, -0.2) is 55.1 Å². The van der Waals surface area contributed by atoms with Crippen molar-refractivity contribution >= 4 is 28.9 Å². The molecule has 0 unspecified atom stereocenters. The molecule has 8 nitrogen and oxygen atoms in total. The summed E-state index contributed by atoms with van der Waals surface area (Å²) in [5, 5.41) is 3.18. The first-order chi connectivity index (χ1) is 18.0. The molecule has 0 radical (unpaired) electrons. The fourth-order valence-electron chi connectivity index (χ4n) is 4.56. The Morgan fingerprint density at radius 1 is 0.973 bits per heavy atom. The van der Waals surface area contributed by atoms with E-state index in [9.17, 15) is 4.79 Å². The minimum Gasteiger partial charge on any atom is -0.383 e. The number of primary amides is 1. The lowest BCUT2D eigenvalue weighted by Crippen LogP contribution is -2.44. The number of carbonyl (C=O) groups excluding carboxylic acids is 1. The number of benzene rings is 2. The highest BCUT2D eigenvalue weighted by atomic mass is 16.5. The average Bonchev–Trinajstić information content (AvgIpc) is 3.43. The van der Waals surface area contributed by atoms with E-state index in [0.29, 0.717) is 11.9 Å². The van der Waals surface area contributed by atoms with Gasteiger partial charge in [-0.05, 0) is 61.9 Å². The fourth-order valence-corrected chi connectivity index (χ4v) is 4.56. The summed E-state index contributed by atoms with van der Waals surface area (Å²) in [5.41, 5.74) is 14.6. The number of rotatable bonds is 7. The van der Waals surface area contributed by atoms with Crippen LogP contribution >= 0.6 is 0 Å². The molecule has 3 aromatic rings. The molecule has 1 saturated heterocycles. The number of anilines is 4. The first-order valence-electron chi connectivity index (χ1n) is 13.0.